The number of methoxy groups -OCH3 is 1. The molecule has 0 aliphatic carbocycles. The van der Waals surface area contributed by atoms with E-state index in [9.17, 15) is 4.79 Å². The van der Waals surface area contributed by atoms with Crippen molar-refractivity contribution in [3.8, 4) is 17.0 Å². The van der Waals surface area contributed by atoms with Crippen LogP contribution < -0.4 is 10.2 Å². The predicted molar refractivity (Wildman–Crippen MR) is 89.1 cm³/mol. The number of hydrogen-bond donors (Lipinski definition) is 2. The van der Waals surface area contributed by atoms with Crippen LogP contribution in [-0.4, -0.2) is 29.4 Å². The average Bonchev–Trinajstić information content (AvgIpc) is 3.24. The first-order valence-electron chi connectivity index (χ1n) is 7.25. The first kappa shape index (κ1) is 15.5. The Labute approximate surface area is 138 Å². The fraction of sp³-hybridized carbons (Fsp3) is 0.118. The van der Waals surface area contributed by atoms with Crippen LogP contribution in [0.2, 0.25) is 0 Å². The number of aryl methyl sites for hydroxylation is 1. The third-order valence-corrected chi connectivity index (χ3v) is 3.33. The van der Waals surface area contributed by atoms with Crippen molar-refractivity contribution in [2.45, 2.75) is 6.92 Å². The minimum absolute atomic E-state index is 0.314. The molecule has 0 bridgehead atoms. The van der Waals surface area contributed by atoms with Gasteiger partial charge in [-0.15, -0.1) is 0 Å². The van der Waals surface area contributed by atoms with Crippen molar-refractivity contribution in [3.05, 3.63) is 59.7 Å². The van der Waals surface area contributed by atoms with Crippen LogP contribution in [0, 0.1) is 6.92 Å². The predicted octanol–water partition coefficient (Wildman–Crippen LogP) is 2.75. The lowest BCUT2D eigenvalue weighted by atomic mass is 10.1. The molecule has 0 saturated heterocycles. The number of benzene rings is 1. The Hall–Kier alpha value is -3.35. The van der Waals surface area contributed by atoms with Gasteiger partial charge in [-0.25, -0.2) is 5.43 Å². The topological polar surface area (TPSA) is 92.5 Å². The number of hydrazone groups is 1. The summed E-state index contributed by atoms with van der Waals surface area (Å²) in [6.45, 7) is 1.83. The number of carbonyl (C=O) groups excluding carboxylic acids is 1. The first-order chi connectivity index (χ1) is 11.7. The lowest BCUT2D eigenvalue weighted by Gasteiger charge is -1.99. The zero-order chi connectivity index (χ0) is 16.9. The number of nitrogens with one attached hydrogen (secondary N) is 2. The number of hydrogen-bond acceptors (Lipinski definition) is 5. The molecule has 0 aliphatic rings. The summed E-state index contributed by atoms with van der Waals surface area (Å²) in [6, 6.07) is 12.6. The van der Waals surface area contributed by atoms with Crippen molar-refractivity contribution < 1.29 is 13.9 Å². The molecule has 122 valence electrons. The van der Waals surface area contributed by atoms with Gasteiger partial charge in [-0.1, -0.05) is 0 Å². The fourth-order valence-electron chi connectivity index (χ4n) is 2.09. The largest absolute Gasteiger partial charge is 0.497 e. The molecule has 1 amide bonds. The van der Waals surface area contributed by atoms with Crippen molar-refractivity contribution in [2.75, 3.05) is 7.11 Å². The van der Waals surface area contributed by atoms with Gasteiger partial charge in [0.05, 0.1) is 19.0 Å². The Bertz CT molecular complexity index is 862. The van der Waals surface area contributed by atoms with Crippen LogP contribution in [0.25, 0.3) is 11.3 Å². The zero-order valence-electron chi connectivity index (χ0n) is 13.2. The van der Waals surface area contributed by atoms with Crippen LogP contribution in [-0.2, 0) is 0 Å². The molecule has 0 fully saturated rings. The standard InChI is InChI=1S/C17H16N4O3/c1-11-3-6-14(24-11)10-18-21-17(22)16-9-15(19-20-16)12-4-7-13(23-2)8-5-12/h3-10H,1-2H3,(H,19,20)(H,21,22). The van der Waals surface area contributed by atoms with Crippen LogP contribution in [0.1, 0.15) is 22.0 Å². The maximum absolute atomic E-state index is 12.0. The smallest absolute Gasteiger partial charge is 0.289 e. The maximum Gasteiger partial charge on any atom is 0.289 e. The lowest BCUT2D eigenvalue weighted by molar-refractivity contribution is 0.0950. The monoisotopic (exact) mass is 324 g/mol. The van der Waals surface area contributed by atoms with Gasteiger partial charge in [0.15, 0.2) is 0 Å². The molecular formula is C17H16N4O3. The number of amides is 1. The highest BCUT2D eigenvalue weighted by atomic mass is 16.5. The van der Waals surface area contributed by atoms with Crippen molar-refractivity contribution in [1.29, 1.82) is 0 Å². The summed E-state index contributed by atoms with van der Waals surface area (Å²) in [4.78, 5) is 12.0. The van der Waals surface area contributed by atoms with Crippen molar-refractivity contribution in [1.82, 2.24) is 15.6 Å². The number of aromatic nitrogens is 2. The Morgan fingerprint density at radius 3 is 2.75 bits per heavy atom. The highest BCUT2D eigenvalue weighted by Gasteiger charge is 2.10. The molecule has 0 radical (unpaired) electrons. The van der Waals surface area contributed by atoms with Crippen molar-refractivity contribution >= 4 is 12.1 Å². The Balaban J connectivity index is 1.65. The SMILES string of the molecule is COc1ccc(-c2cc(C(=O)NN=Cc3ccc(C)o3)[nH]n2)cc1. The molecule has 7 heteroatoms. The summed E-state index contributed by atoms with van der Waals surface area (Å²) < 4.78 is 10.4. The molecule has 2 N–H and O–H groups in total. The molecule has 7 nitrogen and oxygen atoms in total. The average molecular weight is 324 g/mol. The summed E-state index contributed by atoms with van der Waals surface area (Å²) >= 11 is 0. The van der Waals surface area contributed by atoms with Crippen LogP contribution in [0.3, 0.4) is 0 Å². The fourth-order valence-corrected chi connectivity index (χ4v) is 2.09. The number of H-pyrrole nitrogens is 1. The van der Waals surface area contributed by atoms with Gasteiger partial charge in [-0.3, -0.25) is 9.89 Å². The number of rotatable bonds is 5. The molecule has 2 heterocycles. The molecule has 3 aromatic rings. The van der Waals surface area contributed by atoms with E-state index in [0.717, 1.165) is 17.1 Å². The Kier molecular flexibility index (Phi) is 4.42. The van der Waals surface area contributed by atoms with Gasteiger partial charge < -0.3 is 9.15 Å². The molecule has 0 saturated carbocycles. The van der Waals surface area contributed by atoms with Gasteiger partial charge in [0.2, 0.25) is 0 Å². The van der Waals surface area contributed by atoms with Gasteiger partial charge in [-0.2, -0.15) is 10.2 Å². The van der Waals surface area contributed by atoms with Gasteiger partial charge in [0.25, 0.3) is 5.91 Å². The van der Waals surface area contributed by atoms with Gasteiger partial charge in [0, 0.05) is 5.56 Å². The molecular weight excluding hydrogens is 308 g/mol. The highest BCUT2D eigenvalue weighted by Crippen LogP contribution is 2.21. The van der Waals surface area contributed by atoms with Crippen LogP contribution in [0.15, 0.2) is 52.0 Å². The van der Waals surface area contributed by atoms with E-state index in [1.165, 1.54) is 6.21 Å². The van der Waals surface area contributed by atoms with E-state index in [-0.39, 0.29) is 5.91 Å². The quantitative estimate of drug-likeness (QED) is 0.557. The van der Waals surface area contributed by atoms with E-state index >= 15 is 0 Å². The molecule has 0 atom stereocenters. The second kappa shape index (κ2) is 6.82. The molecule has 0 aliphatic heterocycles. The maximum atomic E-state index is 12.0. The van der Waals surface area contributed by atoms with E-state index in [4.69, 9.17) is 9.15 Å². The number of nitrogens with zero attached hydrogens (tertiary/aromatic N) is 2. The number of aromatic amines is 1. The van der Waals surface area contributed by atoms with Gasteiger partial charge in [-0.05, 0) is 49.4 Å². The minimum Gasteiger partial charge on any atom is -0.497 e. The first-order valence-corrected chi connectivity index (χ1v) is 7.25. The molecule has 24 heavy (non-hydrogen) atoms. The van der Waals surface area contributed by atoms with E-state index < -0.39 is 0 Å². The number of ether oxygens (including phenoxy) is 1. The van der Waals surface area contributed by atoms with Crippen LogP contribution >= 0.6 is 0 Å². The Morgan fingerprint density at radius 2 is 2.08 bits per heavy atom. The van der Waals surface area contributed by atoms with Crippen LogP contribution in [0.5, 0.6) is 5.75 Å². The number of carbonyl (C=O) groups is 1. The van der Waals surface area contributed by atoms with E-state index in [1.54, 1.807) is 19.2 Å². The summed E-state index contributed by atoms with van der Waals surface area (Å²) in [5, 5.41) is 10.7. The van der Waals surface area contributed by atoms with E-state index in [1.807, 2.05) is 37.3 Å². The third kappa shape index (κ3) is 3.52. The lowest BCUT2D eigenvalue weighted by Crippen LogP contribution is -2.17. The molecule has 0 unspecified atom stereocenters. The Morgan fingerprint density at radius 1 is 1.29 bits per heavy atom. The number of furan rings is 1. The zero-order valence-corrected chi connectivity index (χ0v) is 13.2. The third-order valence-electron chi connectivity index (χ3n) is 3.33. The second-order valence-corrected chi connectivity index (χ2v) is 5.04. The second-order valence-electron chi connectivity index (χ2n) is 5.04. The molecule has 0 spiro atoms. The van der Waals surface area contributed by atoms with Crippen molar-refractivity contribution in [2.24, 2.45) is 5.10 Å². The highest BCUT2D eigenvalue weighted by molar-refractivity contribution is 5.93. The molecule has 2 aromatic heterocycles. The van der Waals surface area contributed by atoms with Gasteiger partial charge >= 0.3 is 0 Å². The molecule has 3 rings (SSSR count). The van der Waals surface area contributed by atoms with Crippen LogP contribution in [0.4, 0.5) is 0 Å². The summed E-state index contributed by atoms with van der Waals surface area (Å²) in [6.07, 6.45) is 1.44. The summed E-state index contributed by atoms with van der Waals surface area (Å²) in [7, 11) is 1.61. The van der Waals surface area contributed by atoms with E-state index in [2.05, 4.69) is 20.7 Å². The van der Waals surface area contributed by atoms with Crippen molar-refractivity contribution in [3.63, 3.8) is 0 Å². The molecule has 1 aromatic carbocycles. The van der Waals surface area contributed by atoms with Gasteiger partial charge in [0.1, 0.15) is 23.0 Å². The normalized spacial score (nSPS) is 10.9. The van der Waals surface area contributed by atoms with E-state index in [0.29, 0.717) is 17.1 Å². The minimum atomic E-state index is -0.387. The summed E-state index contributed by atoms with van der Waals surface area (Å²) in [5.41, 5.74) is 4.27. The summed E-state index contributed by atoms with van der Waals surface area (Å²) in [5.74, 6) is 1.72.